The first-order chi connectivity index (χ1) is 12.0. The van der Waals surface area contributed by atoms with Crippen molar-refractivity contribution < 1.29 is 28.2 Å². The fourth-order valence-corrected chi connectivity index (χ4v) is 2.67. The maximum atomic E-state index is 13.4. The fraction of sp³-hybridized carbons (Fsp3) is 0.438. The highest BCUT2D eigenvalue weighted by atomic mass is 19.1. The molecule has 1 aromatic carbocycles. The van der Waals surface area contributed by atoms with Crippen molar-refractivity contribution >= 4 is 17.9 Å². The first-order valence-electron chi connectivity index (χ1n) is 7.90. The minimum absolute atomic E-state index is 0.0794. The third kappa shape index (κ3) is 4.17. The van der Waals surface area contributed by atoms with Gasteiger partial charge in [0, 0.05) is 25.2 Å². The Hall–Kier alpha value is -2.84. The highest BCUT2D eigenvalue weighted by molar-refractivity contribution is 5.83. The molecule has 1 fully saturated rings. The molecule has 134 valence electrons. The van der Waals surface area contributed by atoms with E-state index in [4.69, 9.17) is 9.47 Å². The largest absolute Gasteiger partial charge is 0.483 e. The van der Waals surface area contributed by atoms with Gasteiger partial charge in [0.05, 0.1) is 6.54 Å². The van der Waals surface area contributed by atoms with Crippen molar-refractivity contribution in [3.05, 3.63) is 29.6 Å². The molecule has 9 heteroatoms. The molecular formula is C16H18FN3O5. The fourth-order valence-electron chi connectivity index (χ4n) is 2.67. The van der Waals surface area contributed by atoms with Crippen LogP contribution < -0.4 is 10.1 Å². The zero-order valence-corrected chi connectivity index (χ0v) is 13.5. The van der Waals surface area contributed by atoms with E-state index >= 15 is 0 Å². The summed E-state index contributed by atoms with van der Waals surface area (Å²) in [5, 5.41) is 2.66. The second-order valence-electron chi connectivity index (χ2n) is 5.74. The Morgan fingerprint density at radius 2 is 2.08 bits per heavy atom. The summed E-state index contributed by atoms with van der Waals surface area (Å²) in [6.07, 6.45) is -0.506. The van der Waals surface area contributed by atoms with Crippen LogP contribution in [-0.4, -0.2) is 67.1 Å². The van der Waals surface area contributed by atoms with E-state index in [1.807, 2.05) is 0 Å². The van der Waals surface area contributed by atoms with Crippen molar-refractivity contribution in [2.45, 2.75) is 6.54 Å². The van der Waals surface area contributed by atoms with Crippen molar-refractivity contribution in [2.75, 3.05) is 39.4 Å². The molecule has 0 bridgehead atoms. The lowest BCUT2D eigenvalue weighted by Crippen LogP contribution is -2.42. The number of ether oxygens (including phenoxy) is 2. The number of cyclic esters (lactones) is 1. The van der Waals surface area contributed by atoms with Gasteiger partial charge >= 0.3 is 6.09 Å². The highest BCUT2D eigenvalue weighted by Crippen LogP contribution is 2.24. The van der Waals surface area contributed by atoms with Gasteiger partial charge in [-0.05, 0) is 18.2 Å². The molecule has 0 unspecified atom stereocenters. The average Bonchev–Trinajstić information content (AvgIpc) is 2.90. The summed E-state index contributed by atoms with van der Waals surface area (Å²) in [6.45, 7) is 1.14. The number of nitrogens with one attached hydrogen (secondary N) is 1. The van der Waals surface area contributed by atoms with Crippen LogP contribution in [0.1, 0.15) is 5.56 Å². The minimum atomic E-state index is -0.506. The first-order valence-corrected chi connectivity index (χ1v) is 7.90. The number of hydrogen-bond acceptors (Lipinski definition) is 5. The van der Waals surface area contributed by atoms with E-state index in [1.54, 1.807) is 0 Å². The third-order valence-electron chi connectivity index (χ3n) is 3.97. The van der Waals surface area contributed by atoms with Gasteiger partial charge in [0.1, 0.15) is 24.7 Å². The molecule has 8 nitrogen and oxygen atoms in total. The SMILES string of the molecule is O=C(CN1CCOC1=O)NCCN1Cc2cc(F)ccc2OCC1=O. The van der Waals surface area contributed by atoms with Gasteiger partial charge in [0.15, 0.2) is 6.61 Å². The number of nitrogens with zero attached hydrogens (tertiary/aromatic N) is 2. The van der Waals surface area contributed by atoms with Gasteiger partial charge in [-0.1, -0.05) is 0 Å². The number of amides is 3. The molecular weight excluding hydrogens is 333 g/mol. The smallest absolute Gasteiger partial charge is 0.410 e. The van der Waals surface area contributed by atoms with E-state index in [0.717, 1.165) is 0 Å². The van der Waals surface area contributed by atoms with Crippen LogP contribution in [0.25, 0.3) is 0 Å². The van der Waals surface area contributed by atoms with Gasteiger partial charge in [-0.2, -0.15) is 0 Å². The standard InChI is InChI=1S/C16H18FN3O5/c17-12-1-2-13-11(7-12)8-19(15(22)10-25-13)4-3-18-14(21)9-20-5-6-24-16(20)23/h1-2,7H,3-6,8-10H2,(H,18,21). The Kier molecular flexibility index (Phi) is 5.01. The summed E-state index contributed by atoms with van der Waals surface area (Å²) in [4.78, 5) is 38.0. The Labute approximate surface area is 143 Å². The summed E-state index contributed by atoms with van der Waals surface area (Å²) >= 11 is 0. The van der Waals surface area contributed by atoms with Gasteiger partial charge in [0.25, 0.3) is 5.91 Å². The second kappa shape index (κ2) is 7.37. The van der Waals surface area contributed by atoms with E-state index in [9.17, 15) is 18.8 Å². The van der Waals surface area contributed by atoms with Crippen molar-refractivity contribution in [3.63, 3.8) is 0 Å². The van der Waals surface area contributed by atoms with Gasteiger partial charge in [-0.25, -0.2) is 9.18 Å². The molecule has 2 aliphatic rings. The van der Waals surface area contributed by atoms with Crippen LogP contribution >= 0.6 is 0 Å². The Bertz CT molecular complexity index is 696. The number of carbonyl (C=O) groups excluding carboxylic acids is 3. The van der Waals surface area contributed by atoms with Crippen molar-refractivity contribution in [2.24, 2.45) is 0 Å². The lowest BCUT2D eigenvalue weighted by molar-refractivity contribution is -0.133. The molecule has 3 amide bonds. The highest BCUT2D eigenvalue weighted by Gasteiger charge is 2.25. The zero-order valence-electron chi connectivity index (χ0n) is 13.5. The van der Waals surface area contributed by atoms with Crippen LogP contribution in [0.4, 0.5) is 9.18 Å². The summed E-state index contributed by atoms with van der Waals surface area (Å²) in [5.41, 5.74) is 0.581. The maximum Gasteiger partial charge on any atom is 0.410 e. The van der Waals surface area contributed by atoms with E-state index < -0.39 is 11.9 Å². The van der Waals surface area contributed by atoms with E-state index in [2.05, 4.69) is 5.32 Å². The van der Waals surface area contributed by atoms with Crippen LogP contribution in [0.15, 0.2) is 18.2 Å². The lowest BCUT2D eigenvalue weighted by Gasteiger charge is -2.20. The quantitative estimate of drug-likeness (QED) is 0.814. The number of fused-ring (bicyclic) bond motifs is 1. The normalized spacial score (nSPS) is 16.8. The van der Waals surface area contributed by atoms with E-state index in [1.165, 1.54) is 28.0 Å². The summed E-state index contributed by atoms with van der Waals surface area (Å²) < 4.78 is 23.5. The van der Waals surface area contributed by atoms with Crippen LogP contribution in [0, 0.1) is 5.82 Å². The van der Waals surface area contributed by atoms with Gasteiger partial charge < -0.3 is 19.7 Å². The van der Waals surface area contributed by atoms with Crippen molar-refractivity contribution in [3.8, 4) is 5.75 Å². The number of hydrogen-bond donors (Lipinski definition) is 1. The van der Waals surface area contributed by atoms with E-state index in [-0.39, 0.29) is 51.2 Å². The predicted octanol–water partition coefficient (Wildman–Crippen LogP) is 0.115. The van der Waals surface area contributed by atoms with Gasteiger partial charge in [-0.15, -0.1) is 0 Å². The maximum absolute atomic E-state index is 13.4. The first kappa shape index (κ1) is 17.0. The molecule has 2 heterocycles. The Morgan fingerprint density at radius 1 is 1.24 bits per heavy atom. The van der Waals surface area contributed by atoms with Crippen LogP contribution in [-0.2, 0) is 20.9 Å². The number of halogens is 1. The number of rotatable bonds is 5. The van der Waals surface area contributed by atoms with Gasteiger partial charge in [0.2, 0.25) is 5.91 Å². The molecule has 0 atom stereocenters. The molecule has 0 spiro atoms. The topological polar surface area (TPSA) is 88.2 Å². The van der Waals surface area contributed by atoms with Crippen molar-refractivity contribution in [1.82, 2.24) is 15.1 Å². The monoisotopic (exact) mass is 351 g/mol. The van der Waals surface area contributed by atoms with Crippen LogP contribution in [0.3, 0.4) is 0 Å². The molecule has 0 radical (unpaired) electrons. The molecule has 0 aromatic heterocycles. The predicted molar refractivity (Wildman–Crippen MR) is 83.2 cm³/mol. The summed E-state index contributed by atoms with van der Waals surface area (Å²) in [5.74, 6) is -0.492. The Balaban J connectivity index is 1.50. The van der Waals surface area contributed by atoms with Crippen LogP contribution in [0.2, 0.25) is 0 Å². The summed E-state index contributed by atoms with van der Waals surface area (Å²) in [7, 11) is 0. The van der Waals surface area contributed by atoms with E-state index in [0.29, 0.717) is 17.9 Å². The molecule has 1 aromatic rings. The molecule has 2 aliphatic heterocycles. The van der Waals surface area contributed by atoms with Crippen LogP contribution in [0.5, 0.6) is 5.75 Å². The minimum Gasteiger partial charge on any atom is -0.483 e. The zero-order chi connectivity index (χ0) is 17.8. The second-order valence-corrected chi connectivity index (χ2v) is 5.74. The molecule has 1 N–H and O–H groups in total. The number of carbonyl (C=O) groups is 3. The molecule has 25 heavy (non-hydrogen) atoms. The summed E-state index contributed by atoms with van der Waals surface area (Å²) in [6, 6.07) is 4.11. The van der Waals surface area contributed by atoms with Crippen molar-refractivity contribution in [1.29, 1.82) is 0 Å². The lowest BCUT2D eigenvalue weighted by atomic mass is 10.2. The molecule has 0 aliphatic carbocycles. The third-order valence-corrected chi connectivity index (χ3v) is 3.97. The molecule has 1 saturated heterocycles. The number of benzene rings is 1. The average molecular weight is 351 g/mol. The Morgan fingerprint density at radius 3 is 2.84 bits per heavy atom. The molecule has 0 saturated carbocycles. The molecule has 3 rings (SSSR count). The van der Waals surface area contributed by atoms with Gasteiger partial charge in [-0.3, -0.25) is 14.5 Å².